The summed E-state index contributed by atoms with van der Waals surface area (Å²) in [5, 5.41) is 3.26. The van der Waals surface area contributed by atoms with Gasteiger partial charge >= 0.3 is 0 Å². The quantitative estimate of drug-likeness (QED) is 0.858. The van der Waals surface area contributed by atoms with Crippen molar-refractivity contribution in [2.75, 3.05) is 19.8 Å². The van der Waals surface area contributed by atoms with Crippen LogP contribution in [-0.2, 0) is 6.42 Å². The molecule has 1 aliphatic heterocycles. The Hall–Kier alpha value is -1.98. The molecule has 0 radical (unpaired) electrons. The van der Waals surface area contributed by atoms with E-state index in [1.165, 1.54) is 12.3 Å². The molecular formula is C16H14Cl2N2O3. The summed E-state index contributed by atoms with van der Waals surface area (Å²) in [5.74, 6) is 1.26. The third kappa shape index (κ3) is 3.86. The molecule has 0 unspecified atom stereocenters. The van der Waals surface area contributed by atoms with Crippen LogP contribution in [-0.4, -0.2) is 30.6 Å². The van der Waals surface area contributed by atoms with Crippen LogP contribution < -0.4 is 14.8 Å². The van der Waals surface area contributed by atoms with Gasteiger partial charge < -0.3 is 14.8 Å². The molecule has 1 aromatic heterocycles. The van der Waals surface area contributed by atoms with Gasteiger partial charge in [-0.05, 0) is 30.2 Å². The second kappa shape index (κ2) is 7.06. The lowest BCUT2D eigenvalue weighted by Gasteiger charge is -2.18. The summed E-state index contributed by atoms with van der Waals surface area (Å²) < 4.78 is 11.0. The molecule has 23 heavy (non-hydrogen) atoms. The summed E-state index contributed by atoms with van der Waals surface area (Å²) in [4.78, 5) is 15.9. The van der Waals surface area contributed by atoms with Crippen molar-refractivity contribution < 1.29 is 14.3 Å². The van der Waals surface area contributed by atoms with E-state index in [1.807, 2.05) is 18.2 Å². The Balaban J connectivity index is 1.56. The van der Waals surface area contributed by atoms with Gasteiger partial charge in [0.15, 0.2) is 11.5 Å². The van der Waals surface area contributed by atoms with E-state index in [2.05, 4.69) is 10.3 Å². The molecule has 0 saturated carbocycles. The van der Waals surface area contributed by atoms with Gasteiger partial charge in [-0.2, -0.15) is 0 Å². The number of carbonyl (C=O) groups is 1. The fourth-order valence-electron chi connectivity index (χ4n) is 2.21. The Morgan fingerprint density at radius 2 is 1.96 bits per heavy atom. The van der Waals surface area contributed by atoms with Crippen molar-refractivity contribution in [3.05, 3.63) is 51.8 Å². The number of rotatable bonds is 4. The number of fused-ring (bicyclic) bond motifs is 1. The number of nitrogens with zero attached hydrogens (tertiary/aromatic N) is 1. The normalized spacial score (nSPS) is 12.8. The van der Waals surface area contributed by atoms with E-state index in [4.69, 9.17) is 32.7 Å². The number of aromatic nitrogens is 1. The predicted octanol–water partition coefficient (Wildman–Crippen LogP) is 3.13. The highest BCUT2D eigenvalue weighted by atomic mass is 35.5. The van der Waals surface area contributed by atoms with Crippen molar-refractivity contribution in [3.8, 4) is 11.5 Å². The van der Waals surface area contributed by atoms with E-state index >= 15 is 0 Å². The minimum absolute atomic E-state index is 0.180. The Morgan fingerprint density at radius 1 is 1.17 bits per heavy atom. The molecule has 0 fully saturated rings. The number of amides is 1. The number of pyridine rings is 1. The first-order chi connectivity index (χ1) is 11.1. The van der Waals surface area contributed by atoms with Gasteiger partial charge in [-0.15, -0.1) is 0 Å². The van der Waals surface area contributed by atoms with Crippen molar-refractivity contribution in [2.24, 2.45) is 0 Å². The fourth-order valence-corrected chi connectivity index (χ4v) is 2.48. The van der Waals surface area contributed by atoms with E-state index in [0.29, 0.717) is 31.7 Å². The highest BCUT2D eigenvalue weighted by Crippen LogP contribution is 2.30. The van der Waals surface area contributed by atoms with Crippen LogP contribution >= 0.6 is 23.2 Å². The molecular weight excluding hydrogens is 339 g/mol. The molecule has 0 spiro atoms. The molecule has 2 heterocycles. The molecule has 1 aromatic carbocycles. The van der Waals surface area contributed by atoms with Gasteiger partial charge in [0.05, 0.1) is 10.6 Å². The molecule has 5 nitrogen and oxygen atoms in total. The van der Waals surface area contributed by atoms with Crippen molar-refractivity contribution in [3.63, 3.8) is 0 Å². The van der Waals surface area contributed by atoms with Crippen LogP contribution in [0.5, 0.6) is 11.5 Å². The van der Waals surface area contributed by atoms with E-state index in [1.54, 1.807) is 0 Å². The zero-order chi connectivity index (χ0) is 16.2. The monoisotopic (exact) mass is 352 g/mol. The summed E-state index contributed by atoms with van der Waals surface area (Å²) in [5.41, 5.74) is 1.43. The highest BCUT2D eigenvalue weighted by Gasteiger charge is 2.12. The maximum absolute atomic E-state index is 12.0. The molecule has 120 valence electrons. The van der Waals surface area contributed by atoms with Crippen LogP contribution in [0.25, 0.3) is 0 Å². The number of nitrogens with one attached hydrogen (secondary N) is 1. The predicted molar refractivity (Wildman–Crippen MR) is 87.7 cm³/mol. The van der Waals surface area contributed by atoms with Gasteiger partial charge in [-0.1, -0.05) is 29.3 Å². The maximum atomic E-state index is 12.0. The first-order valence-corrected chi connectivity index (χ1v) is 7.87. The Labute approximate surface area is 143 Å². The summed E-state index contributed by atoms with van der Waals surface area (Å²) in [6, 6.07) is 7.27. The summed E-state index contributed by atoms with van der Waals surface area (Å²) in [6.07, 6.45) is 2.07. The van der Waals surface area contributed by atoms with Crippen molar-refractivity contribution in [2.45, 2.75) is 6.42 Å². The van der Waals surface area contributed by atoms with Crippen LogP contribution in [0, 0.1) is 0 Å². The second-order valence-corrected chi connectivity index (χ2v) is 5.75. The lowest BCUT2D eigenvalue weighted by Crippen LogP contribution is -2.25. The first-order valence-electron chi connectivity index (χ1n) is 7.11. The fraction of sp³-hybridized carbons (Fsp3) is 0.250. The van der Waals surface area contributed by atoms with Gasteiger partial charge in [0.2, 0.25) is 0 Å². The number of ether oxygens (including phenoxy) is 2. The highest BCUT2D eigenvalue weighted by molar-refractivity contribution is 6.41. The number of carbonyl (C=O) groups excluding carboxylic acids is 1. The third-order valence-electron chi connectivity index (χ3n) is 3.36. The molecule has 0 aliphatic carbocycles. The molecule has 7 heteroatoms. The van der Waals surface area contributed by atoms with Crippen LogP contribution in [0.1, 0.15) is 15.9 Å². The summed E-state index contributed by atoms with van der Waals surface area (Å²) in [6.45, 7) is 1.61. The van der Waals surface area contributed by atoms with E-state index in [0.717, 1.165) is 17.1 Å². The minimum atomic E-state index is -0.242. The largest absolute Gasteiger partial charge is 0.486 e. The van der Waals surface area contributed by atoms with Gasteiger partial charge in [0, 0.05) is 12.7 Å². The second-order valence-electron chi connectivity index (χ2n) is 4.98. The number of hydrogen-bond acceptors (Lipinski definition) is 4. The summed E-state index contributed by atoms with van der Waals surface area (Å²) in [7, 11) is 0. The molecule has 0 bridgehead atoms. The zero-order valence-corrected chi connectivity index (χ0v) is 13.7. The van der Waals surface area contributed by atoms with Crippen LogP contribution in [0.15, 0.2) is 30.5 Å². The van der Waals surface area contributed by atoms with Gasteiger partial charge in [0.1, 0.15) is 18.4 Å². The summed E-state index contributed by atoms with van der Waals surface area (Å²) >= 11 is 11.6. The van der Waals surface area contributed by atoms with Gasteiger partial charge in [0.25, 0.3) is 5.91 Å². The number of benzene rings is 1. The van der Waals surface area contributed by atoms with Crippen LogP contribution in [0.4, 0.5) is 0 Å². The third-order valence-corrected chi connectivity index (χ3v) is 4.05. The standard InChI is InChI=1S/C16H14Cl2N2O3/c17-12-8-11(9-20-15(12)18)16(21)19-4-3-10-1-2-13-14(7-10)23-6-5-22-13/h1-2,7-9H,3-6H2,(H,19,21). The molecule has 0 saturated heterocycles. The molecule has 1 amide bonds. The topological polar surface area (TPSA) is 60.5 Å². The van der Waals surface area contributed by atoms with Gasteiger partial charge in [-0.3, -0.25) is 4.79 Å². The van der Waals surface area contributed by atoms with Crippen LogP contribution in [0.3, 0.4) is 0 Å². The van der Waals surface area contributed by atoms with Crippen molar-refractivity contribution >= 4 is 29.1 Å². The molecule has 1 aliphatic rings. The van der Waals surface area contributed by atoms with Crippen molar-refractivity contribution in [1.82, 2.24) is 10.3 Å². The van der Waals surface area contributed by atoms with E-state index < -0.39 is 0 Å². The maximum Gasteiger partial charge on any atom is 0.252 e. The van der Waals surface area contributed by atoms with Crippen molar-refractivity contribution in [1.29, 1.82) is 0 Å². The van der Waals surface area contributed by atoms with Gasteiger partial charge in [-0.25, -0.2) is 4.98 Å². The lowest BCUT2D eigenvalue weighted by molar-refractivity contribution is 0.0954. The molecule has 3 rings (SSSR count). The Morgan fingerprint density at radius 3 is 2.74 bits per heavy atom. The molecule has 0 atom stereocenters. The minimum Gasteiger partial charge on any atom is -0.486 e. The smallest absolute Gasteiger partial charge is 0.252 e. The molecule has 1 N–H and O–H groups in total. The SMILES string of the molecule is O=C(NCCc1ccc2c(c1)OCCO2)c1cnc(Cl)c(Cl)c1. The number of halogens is 2. The lowest BCUT2D eigenvalue weighted by atomic mass is 10.1. The Kier molecular flexibility index (Phi) is 4.88. The van der Waals surface area contributed by atoms with E-state index in [9.17, 15) is 4.79 Å². The average Bonchev–Trinajstić information content (AvgIpc) is 2.57. The number of hydrogen-bond donors (Lipinski definition) is 1. The van der Waals surface area contributed by atoms with Crippen LogP contribution in [0.2, 0.25) is 10.2 Å². The average molecular weight is 353 g/mol. The molecule has 2 aromatic rings. The Bertz CT molecular complexity index is 737. The van der Waals surface area contributed by atoms with E-state index in [-0.39, 0.29) is 16.1 Å². The zero-order valence-electron chi connectivity index (χ0n) is 12.1. The first kappa shape index (κ1) is 15.9.